The molecule has 1 aromatic rings. The average Bonchev–Trinajstić information content (AvgIpc) is 2.94. The van der Waals surface area contributed by atoms with Gasteiger partial charge in [0.15, 0.2) is 0 Å². The maximum Gasteiger partial charge on any atom is 0.257 e. The van der Waals surface area contributed by atoms with Crippen LogP contribution in [0.3, 0.4) is 0 Å². The quantitative estimate of drug-likeness (QED) is 0.849. The monoisotopic (exact) mass is 271 g/mol. The lowest BCUT2D eigenvalue weighted by molar-refractivity contribution is 0.0195. The van der Waals surface area contributed by atoms with Gasteiger partial charge in [-0.1, -0.05) is 19.3 Å². The number of hydrogen-bond donors (Lipinski definition) is 1. The van der Waals surface area contributed by atoms with Crippen LogP contribution >= 0.6 is 0 Å². The Morgan fingerprint density at radius 3 is 3.00 bits per heavy atom. The molecule has 4 rings (SSSR count). The number of pyridine rings is 1. The van der Waals surface area contributed by atoms with Crippen LogP contribution in [0.1, 0.15) is 48.2 Å². The van der Waals surface area contributed by atoms with E-state index in [1.54, 1.807) is 0 Å². The van der Waals surface area contributed by atoms with Gasteiger partial charge < -0.3 is 4.90 Å². The van der Waals surface area contributed by atoms with Gasteiger partial charge in [0.1, 0.15) is 5.66 Å². The fraction of sp³-hybridized carbons (Fsp3) is 0.625. The number of rotatable bonds is 1. The lowest BCUT2D eigenvalue weighted by Crippen LogP contribution is -2.63. The molecule has 1 aromatic heterocycles. The number of nitrogens with zero attached hydrogens (tertiary/aromatic N) is 2. The summed E-state index contributed by atoms with van der Waals surface area (Å²) in [4.78, 5) is 19.4. The number of aromatic nitrogens is 1. The van der Waals surface area contributed by atoms with Crippen molar-refractivity contribution in [1.82, 2.24) is 15.2 Å². The molecule has 1 saturated heterocycles. The van der Waals surface area contributed by atoms with E-state index in [0.717, 1.165) is 30.8 Å². The van der Waals surface area contributed by atoms with E-state index in [1.165, 1.54) is 32.1 Å². The van der Waals surface area contributed by atoms with Crippen molar-refractivity contribution < 1.29 is 4.79 Å². The van der Waals surface area contributed by atoms with Crippen molar-refractivity contribution >= 4 is 5.91 Å². The van der Waals surface area contributed by atoms with Crippen LogP contribution in [-0.2, 0) is 6.42 Å². The average molecular weight is 271 g/mol. The van der Waals surface area contributed by atoms with Crippen LogP contribution in [0, 0.1) is 5.92 Å². The highest BCUT2D eigenvalue weighted by Crippen LogP contribution is 2.42. The number of carbonyl (C=O) groups is 1. The molecule has 2 aliphatic heterocycles. The third-order valence-corrected chi connectivity index (χ3v) is 5.33. The molecule has 20 heavy (non-hydrogen) atoms. The summed E-state index contributed by atoms with van der Waals surface area (Å²) in [6, 6.07) is 3.79. The van der Waals surface area contributed by atoms with Crippen molar-refractivity contribution in [3.05, 3.63) is 29.6 Å². The highest BCUT2D eigenvalue weighted by Gasteiger charge is 2.52. The van der Waals surface area contributed by atoms with E-state index >= 15 is 0 Å². The zero-order chi connectivity index (χ0) is 13.6. The Hall–Kier alpha value is -1.42. The molecule has 3 aliphatic rings. The molecule has 1 N–H and O–H groups in total. The van der Waals surface area contributed by atoms with E-state index in [1.807, 2.05) is 18.3 Å². The molecular formula is C16H21N3O. The number of carbonyl (C=O) groups excluding carboxylic acids is 1. The summed E-state index contributed by atoms with van der Waals surface area (Å²) in [6.45, 7) is 1.75. The summed E-state index contributed by atoms with van der Waals surface area (Å²) in [5.74, 6) is 0.757. The molecule has 106 valence electrons. The molecule has 2 fully saturated rings. The minimum atomic E-state index is -0.154. The first-order valence-corrected chi connectivity index (χ1v) is 7.82. The Kier molecular flexibility index (Phi) is 2.81. The lowest BCUT2D eigenvalue weighted by atomic mass is 9.75. The molecule has 1 amide bonds. The highest BCUT2D eigenvalue weighted by molar-refractivity contribution is 5.97. The third kappa shape index (κ3) is 1.64. The molecule has 4 heteroatoms. The first kappa shape index (κ1) is 12.3. The van der Waals surface area contributed by atoms with Gasteiger partial charge in [-0.3, -0.25) is 15.1 Å². The van der Waals surface area contributed by atoms with Crippen molar-refractivity contribution in [2.24, 2.45) is 5.92 Å². The Balaban J connectivity index is 1.77. The van der Waals surface area contributed by atoms with Crippen molar-refractivity contribution in [2.45, 2.75) is 44.2 Å². The molecule has 4 nitrogen and oxygen atoms in total. The van der Waals surface area contributed by atoms with Gasteiger partial charge in [0.2, 0.25) is 0 Å². The minimum absolute atomic E-state index is 0.154. The van der Waals surface area contributed by atoms with Crippen molar-refractivity contribution in [3.8, 4) is 0 Å². The molecule has 1 atom stereocenters. The van der Waals surface area contributed by atoms with Crippen LogP contribution in [0.4, 0.5) is 0 Å². The van der Waals surface area contributed by atoms with Crippen LogP contribution < -0.4 is 5.32 Å². The fourth-order valence-corrected chi connectivity index (χ4v) is 4.38. The Morgan fingerprint density at radius 1 is 1.30 bits per heavy atom. The van der Waals surface area contributed by atoms with Crippen molar-refractivity contribution in [1.29, 1.82) is 0 Å². The summed E-state index contributed by atoms with van der Waals surface area (Å²) in [5.41, 5.74) is 1.63. The standard InChI is InChI=1S/C16H21N3O/c20-15-13-7-4-8-17-14(13)11-16(18-9-10-19(15)16)12-5-2-1-3-6-12/h4,7-8,12,18H,1-3,5-6,9-11H2. The molecule has 0 radical (unpaired) electrons. The lowest BCUT2D eigenvalue weighted by Gasteiger charge is -2.48. The Bertz CT molecular complexity index is 538. The first-order chi connectivity index (χ1) is 9.81. The van der Waals surface area contributed by atoms with Crippen LogP contribution in [0.25, 0.3) is 0 Å². The molecule has 0 aromatic carbocycles. The maximum atomic E-state index is 12.8. The summed E-state index contributed by atoms with van der Waals surface area (Å²) in [5, 5.41) is 3.68. The van der Waals surface area contributed by atoms with Crippen molar-refractivity contribution in [3.63, 3.8) is 0 Å². The van der Waals surface area contributed by atoms with Crippen molar-refractivity contribution in [2.75, 3.05) is 13.1 Å². The summed E-state index contributed by atoms with van der Waals surface area (Å²) in [6.07, 6.45) is 9.09. The van der Waals surface area contributed by atoms with E-state index in [-0.39, 0.29) is 11.6 Å². The first-order valence-electron chi connectivity index (χ1n) is 7.82. The topological polar surface area (TPSA) is 45.2 Å². The Morgan fingerprint density at radius 2 is 2.15 bits per heavy atom. The molecule has 1 saturated carbocycles. The molecule has 1 unspecified atom stereocenters. The molecule has 1 aliphatic carbocycles. The summed E-state index contributed by atoms with van der Waals surface area (Å²) in [7, 11) is 0. The van der Waals surface area contributed by atoms with Gasteiger partial charge in [-0.05, 0) is 30.9 Å². The number of fused-ring (bicyclic) bond motifs is 2. The van der Waals surface area contributed by atoms with E-state index in [0.29, 0.717) is 5.92 Å². The van der Waals surface area contributed by atoms with Gasteiger partial charge in [-0.2, -0.15) is 0 Å². The van der Waals surface area contributed by atoms with Gasteiger partial charge in [0.05, 0.1) is 11.3 Å². The van der Waals surface area contributed by atoms with Crippen LogP contribution in [0.5, 0.6) is 0 Å². The van der Waals surface area contributed by atoms with Crippen LogP contribution in [0.2, 0.25) is 0 Å². The smallest absolute Gasteiger partial charge is 0.257 e. The Labute approximate surface area is 119 Å². The number of hydrogen-bond acceptors (Lipinski definition) is 3. The second-order valence-corrected chi connectivity index (χ2v) is 6.32. The van der Waals surface area contributed by atoms with Gasteiger partial charge in [-0.15, -0.1) is 0 Å². The van der Waals surface area contributed by atoms with Gasteiger partial charge in [-0.25, -0.2) is 0 Å². The second-order valence-electron chi connectivity index (χ2n) is 6.32. The highest BCUT2D eigenvalue weighted by atomic mass is 16.2. The van der Waals surface area contributed by atoms with E-state index in [2.05, 4.69) is 15.2 Å². The molecule has 0 bridgehead atoms. The predicted molar refractivity (Wildman–Crippen MR) is 76.3 cm³/mol. The number of nitrogens with one attached hydrogen (secondary N) is 1. The van der Waals surface area contributed by atoms with Gasteiger partial charge in [0.25, 0.3) is 5.91 Å². The zero-order valence-corrected chi connectivity index (χ0v) is 11.8. The second kappa shape index (κ2) is 4.55. The largest absolute Gasteiger partial charge is 0.318 e. The normalized spacial score (nSPS) is 30.2. The van der Waals surface area contributed by atoms with E-state index < -0.39 is 0 Å². The zero-order valence-electron chi connectivity index (χ0n) is 11.8. The molecule has 0 spiro atoms. The fourth-order valence-electron chi connectivity index (χ4n) is 4.38. The predicted octanol–water partition coefficient (Wildman–Crippen LogP) is 1.96. The van der Waals surface area contributed by atoms with Crippen LogP contribution in [0.15, 0.2) is 18.3 Å². The maximum absolute atomic E-state index is 12.8. The molecule has 3 heterocycles. The summed E-state index contributed by atoms with van der Waals surface area (Å²) < 4.78 is 0. The van der Waals surface area contributed by atoms with Gasteiger partial charge >= 0.3 is 0 Å². The van der Waals surface area contributed by atoms with E-state index in [4.69, 9.17) is 0 Å². The number of amides is 1. The summed E-state index contributed by atoms with van der Waals surface area (Å²) >= 11 is 0. The SMILES string of the molecule is O=C1c2cccnc2CC2(C3CCCCC3)NCCN12. The third-order valence-electron chi connectivity index (χ3n) is 5.33. The van der Waals surface area contributed by atoms with E-state index in [9.17, 15) is 4.79 Å². The van der Waals surface area contributed by atoms with Crippen LogP contribution in [-0.4, -0.2) is 34.5 Å². The van der Waals surface area contributed by atoms with Gasteiger partial charge in [0, 0.05) is 25.7 Å². The minimum Gasteiger partial charge on any atom is -0.318 e. The molecular weight excluding hydrogens is 250 g/mol.